The van der Waals surface area contributed by atoms with Crippen molar-refractivity contribution in [2.24, 2.45) is 4.99 Å². The topological polar surface area (TPSA) is 88.8 Å². The van der Waals surface area contributed by atoms with Crippen LogP contribution in [0.2, 0.25) is 0 Å². The highest BCUT2D eigenvalue weighted by Crippen LogP contribution is 2.18. The number of hydrogen-bond acceptors (Lipinski definition) is 4. The molecule has 1 saturated heterocycles. The Morgan fingerprint density at radius 3 is 2.59 bits per heavy atom. The highest BCUT2D eigenvalue weighted by molar-refractivity contribution is 5.80. The van der Waals surface area contributed by atoms with Crippen LogP contribution in [-0.4, -0.2) is 35.7 Å². The quantitative estimate of drug-likeness (QED) is 0.344. The molecule has 2 aliphatic rings. The summed E-state index contributed by atoms with van der Waals surface area (Å²) in [5.74, 6) is 0.809. The van der Waals surface area contributed by atoms with Crippen LogP contribution in [0.1, 0.15) is 57.4 Å². The van der Waals surface area contributed by atoms with Gasteiger partial charge in [-0.1, -0.05) is 31.4 Å². The summed E-state index contributed by atoms with van der Waals surface area (Å²) in [5.41, 5.74) is 1.06. The maximum Gasteiger partial charge on any atom is 0.269 e. The van der Waals surface area contributed by atoms with E-state index in [0.717, 1.165) is 31.0 Å². The molecule has 27 heavy (non-hydrogen) atoms. The van der Waals surface area contributed by atoms with Crippen LogP contribution in [0, 0.1) is 10.1 Å². The molecule has 2 N–H and O–H groups in total. The third kappa shape index (κ3) is 5.92. The Morgan fingerprint density at radius 1 is 1.22 bits per heavy atom. The van der Waals surface area contributed by atoms with E-state index in [0.29, 0.717) is 12.6 Å². The molecule has 1 aromatic rings. The van der Waals surface area contributed by atoms with Gasteiger partial charge in [0.15, 0.2) is 5.96 Å². The third-order valence-electron chi connectivity index (χ3n) is 5.40. The molecule has 7 heteroatoms. The summed E-state index contributed by atoms with van der Waals surface area (Å²) in [7, 11) is 0. The molecule has 2 fully saturated rings. The van der Waals surface area contributed by atoms with E-state index in [4.69, 9.17) is 9.73 Å². The fraction of sp³-hybridized carbons (Fsp3) is 0.650. The SMILES string of the molecule is CC(NC(=NCc1ccc([N+](=O)[O-])cc1)NC1CCCCC1)C1CCCO1. The van der Waals surface area contributed by atoms with Crippen LogP contribution in [0.5, 0.6) is 0 Å². The van der Waals surface area contributed by atoms with Crippen molar-refractivity contribution in [3.63, 3.8) is 0 Å². The lowest BCUT2D eigenvalue weighted by Gasteiger charge is -2.28. The zero-order valence-corrected chi connectivity index (χ0v) is 16.0. The van der Waals surface area contributed by atoms with Gasteiger partial charge in [0.2, 0.25) is 0 Å². The van der Waals surface area contributed by atoms with Gasteiger partial charge in [-0.3, -0.25) is 10.1 Å². The highest BCUT2D eigenvalue weighted by Gasteiger charge is 2.24. The summed E-state index contributed by atoms with van der Waals surface area (Å²) in [6, 6.07) is 7.24. The molecule has 0 radical (unpaired) electrons. The predicted molar refractivity (Wildman–Crippen MR) is 106 cm³/mol. The highest BCUT2D eigenvalue weighted by atomic mass is 16.6. The minimum Gasteiger partial charge on any atom is -0.376 e. The molecule has 1 aromatic carbocycles. The van der Waals surface area contributed by atoms with Gasteiger partial charge in [-0.15, -0.1) is 0 Å². The number of non-ortho nitro benzene ring substituents is 1. The molecule has 7 nitrogen and oxygen atoms in total. The molecule has 0 spiro atoms. The number of guanidine groups is 1. The number of benzene rings is 1. The summed E-state index contributed by atoms with van der Waals surface area (Å²) < 4.78 is 5.79. The standard InChI is InChI=1S/C20H30N4O3/c1-15(19-8-5-13-27-19)22-20(23-17-6-3-2-4-7-17)21-14-16-9-11-18(12-10-16)24(25)26/h9-12,15,17,19H,2-8,13-14H2,1H3,(H2,21,22,23). The molecule has 1 heterocycles. The van der Waals surface area contributed by atoms with Crippen molar-refractivity contribution in [1.29, 1.82) is 0 Å². The Kier molecular flexibility index (Phi) is 7.04. The molecule has 0 aromatic heterocycles. The van der Waals surface area contributed by atoms with E-state index in [9.17, 15) is 10.1 Å². The van der Waals surface area contributed by atoms with E-state index >= 15 is 0 Å². The van der Waals surface area contributed by atoms with E-state index < -0.39 is 0 Å². The van der Waals surface area contributed by atoms with Crippen LogP contribution in [0.15, 0.2) is 29.3 Å². The lowest BCUT2D eigenvalue weighted by atomic mass is 9.96. The van der Waals surface area contributed by atoms with Crippen LogP contribution in [0.4, 0.5) is 5.69 Å². The largest absolute Gasteiger partial charge is 0.376 e. The number of nitro benzene ring substituents is 1. The summed E-state index contributed by atoms with van der Waals surface area (Å²) in [4.78, 5) is 15.2. The molecule has 1 aliphatic carbocycles. The van der Waals surface area contributed by atoms with Crippen LogP contribution >= 0.6 is 0 Å². The van der Waals surface area contributed by atoms with Crippen molar-refractivity contribution >= 4 is 11.6 Å². The number of rotatable bonds is 6. The Bertz CT molecular complexity index is 635. The minimum atomic E-state index is -0.381. The summed E-state index contributed by atoms with van der Waals surface area (Å²) >= 11 is 0. The summed E-state index contributed by atoms with van der Waals surface area (Å²) in [6.45, 7) is 3.46. The molecule has 148 valence electrons. The first kappa shape index (κ1) is 19.6. The molecule has 2 atom stereocenters. The fourth-order valence-electron chi connectivity index (χ4n) is 3.77. The Morgan fingerprint density at radius 2 is 1.96 bits per heavy atom. The van der Waals surface area contributed by atoms with E-state index in [1.165, 1.54) is 44.2 Å². The van der Waals surface area contributed by atoms with Gasteiger partial charge in [0.1, 0.15) is 0 Å². The van der Waals surface area contributed by atoms with Gasteiger partial charge in [-0.05, 0) is 38.2 Å². The molecule has 1 saturated carbocycles. The second-order valence-corrected chi connectivity index (χ2v) is 7.55. The zero-order chi connectivity index (χ0) is 19.1. The van der Waals surface area contributed by atoms with Gasteiger partial charge < -0.3 is 15.4 Å². The van der Waals surface area contributed by atoms with Crippen LogP contribution in [0.25, 0.3) is 0 Å². The van der Waals surface area contributed by atoms with Gasteiger partial charge in [0.05, 0.1) is 23.6 Å². The van der Waals surface area contributed by atoms with Gasteiger partial charge in [0, 0.05) is 24.8 Å². The normalized spacial score (nSPS) is 22.4. The van der Waals surface area contributed by atoms with Gasteiger partial charge in [0.25, 0.3) is 5.69 Å². The second kappa shape index (κ2) is 9.69. The van der Waals surface area contributed by atoms with E-state index in [1.807, 2.05) is 0 Å². The van der Waals surface area contributed by atoms with Gasteiger partial charge in [-0.2, -0.15) is 0 Å². The van der Waals surface area contributed by atoms with Crippen LogP contribution in [0.3, 0.4) is 0 Å². The van der Waals surface area contributed by atoms with E-state index in [2.05, 4.69) is 17.6 Å². The number of ether oxygens (including phenoxy) is 1. The maximum atomic E-state index is 10.8. The molecule has 3 rings (SSSR count). The Hall–Kier alpha value is -2.15. The number of aliphatic imine (C=N–C) groups is 1. The lowest BCUT2D eigenvalue weighted by molar-refractivity contribution is -0.384. The number of nitrogens with zero attached hydrogens (tertiary/aromatic N) is 2. The van der Waals surface area contributed by atoms with Crippen molar-refractivity contribution in [3.8, 4) is 0 Å². The first-order chi connectivity index (χ1) is 13.1. The minimum absolute atomic E-state index is 0.105. The first-order valence-electron chi connectivity index (χ1n) is 10.0. The molecular weight excluding hydrogens is 344 g/mol. The van der Waals surface area contributed by atoms with Crippen molar-refractivity contribution in [1.82, 2.24) is 10.6 Å². The van der Waals surface area contributed by atoms with Gasteiger partial charge in [-0.25, -0.2) is 4.99 Å². The second-order valence-electron chi connectivity index (χ2n) is 7.55. The average Bonchev–Trinajstić information content (AvgIpc) is 3.22. The van der Waals surface area contributed by atoms with Gasteiger partial charge >= 0.3 is 0 Å². The number of hydrogen-bond donors (Lipinski definition) is 2. The molecule has 2 unspecified atom stereocenters. The first-order valence-corrected chi connectivity index (χ1v) is 10.0. The third-order valence-corrected chi connectivity index (χ3v) is 5.40. The molecule has 0 bridgehead atoms. The molecule has 1 aliphatic heterocycles. The number of nitro groups is 1. The number of nitrogens with one attached hydrogen (secondary N) is 2. The fourth-order valence-corrected chi connectivity index (χ4v) is 3.77. The summed E-state index contributed by atoms with van der Waals surface area (Å²) in [6.07, 6.45) is 8.59. The van der Waals surface area contributed by atoms with Crippen molar-refractivity contribution in [2.75, 3.05) is 6.61 Å². The van der Waals surface area contributed by atoms with Crippen LogP contribution in [-0.2, 0) is 11.3 Å². The lowest BCUT2D eigenvalue weighted by Crippen LogP contribution is -2.50. The van der Waals surface area contributed by atoms with Crippen molar-refractivity contribution in [3.05, 3.63) is 39.9 Å². The Labute approximate surface area is 160 Å². The summed E-state index contributed by atoms with van der Waals surface area (Å²) in [5, 5.41) is 17.9. The predicted octanol–water partition coefficient (Wildman–Crippen LogP) is 3.53. The average molecular weight is 374 g/mol. The van der Waals surface area contributed by atoms with Crippen molar-refractivity contribution in [2.45, 2.75) is 76.6 Å². The smallest absolute Gasteiger partial charge is 0.269 e. The van der Waals surface area contributed by atoms with E-state index in [1.54, 1.807) is 12.1 Å². The maximum absolute atomic E-state index is 10.8. The van der Waals surface area contributed by atoms with E-state index in [-0.39, 0.29) is 22.8 Å². The molecule has 0 amide bonds. The van der Waals surface area contributed by atoms with Crippen LogP contribution < -0.4 is 10.6 Å². The van der Waals surface area contributed by atoms with Crippen molar-refractivity contribution < 1.29 is 9.66 Å². The zero-order valence-electron chi connectivity index (χ0n) is 16.0. The monoisotopic (exact) mass is 374 g/mol. The molecular formula is C20H30N4O3. The Balaban J connectivity index is 1.64.